The minimum Gasteiger partial charge on any atom is -0.334 e. The number of amides is 1. The van der Waals surface area contributed by atoms with E-state index >= 15 is 0 Å². The summed E-state index contributed by atoms with van der Waals surface area (Å²) in [7, 11) is 0. The maximum atomic E-state index is 12.0. The van der Waals surface area contributed by atoms with Crippen molar-refractivity contribution in [3.63, 3.8) is 0 Å². The third kappa shape index (κ3) is 2.70. The molecule has 1 fully saturated rings. The van der Waals surface area contributed by atoms with Crippen molar-refractivity contribution < 1.29 is 4.79 Å². The standard InChI is InChI=1S/C14H21N3O/c1-10(2)5-8-17-13(18)9-12(15)14(17)11-3-6-16-7-4-11/h3-4,6-7,10,12,14H,5,8-9,15H2,1-2H3. The Morgan fingerprint density at radius 2 is 2.11 bits per heavy atom. The highest BCUT2D eigenvalue weighted by Crippen LogP contribution is 2.32. The van der Waals surface area contributed by atoms with Gasteiger partial charge in [-0.2, -0.15) is 0 Å². The summed E-state index contributed by atoms with van der Waals surface area (Å²) in [5, 5.41) is 0. The summed E-state index contributed by atoms with van der Waals surface area (Å²) in [5.74, 6) is 0.762. The summed E-state index contributed by atoms with van der Waals surface area (Å²) in [4.78, 5) is 18.0. The lowest BCUT2D eigenvalue weighted by Crippen LogP contribution is -2.34. The maximum Gasteiger partial charge on any atom is 0.224 e. The molecule has 4 nitrogen and oxygen atoms in total. The van der Waals surface area contributed by atoms with Crippen LogP contribution in [0.3, 0.4) is 0 Å². The molecule has 1 amide bonds. The molecule has 2 rings (SSSR count). The van der Waals surface area contributed by atoms with Gasteiger partial charge in [0.2, 0.25) is 5.91 Å². The van der Waals surface area contributed by atoms with Gasteiger partial charge in [0, 0.05) is 31.4 Å². The quantitative estimate of drug-likeness (QED) is 0.881. The van der Waals surface area contributed by atoms with Crippen LogP contribution in [0.5, 0.6) is 0 Å². The molecule has 0 aliphatic carbocycles. The van der Waals surface area contributed by atoms with Gasteiger partial charge in [-0.3, -0.25) is 9.78 Å². The highest BCUT2D eigenvalue weighted by Gasteiger charge is 2.38. The zero-order valence-corrected chi connectivity index (χ0v) is 11.0. The number of pyridine rings is 1. The van der Waals surface area contributed by atoms with Crippen LogP contribution in [-0.4, -0.2) is 28.4 Å². The minimum absolute atomic E-state index is 0.0132. The first-order valence-corrected chi connectivity index (χ1v) is 6.54. The van der Waals surface area contributed by atoms with Gasteiger partial charge in [0.1, 0.15) is 0 Å². The number of nitrogens with two attached hydrogens (primary N) is 1. The number of nitrogens with zero attached hydrogens (tertiary/aromatic N) is 2. The minimum atomic E-state index is -0.105. The third-order valence-corrected chi connectivity index (χ3v) is 3.47. The van der Waals surface area contributed by atoms with Crippen LogP contribution in [0.1, 0.15) is 38.3 Å². The van der Waals surface area contributed by atoms with Gasteiger partial charge < -0.3 is 10.6 Å². The van der Waals surface area contributed by atoms with Gasteiger partial charge in [-0.15, -0.1) is 0 Å². The number of hydrogen-bond acceptors (Lipinski definition) is 3. The fraction of sp³-hybridized carbons (Fsp3) is 0.571. The Hall–Kier alpha value is -1.42. The van der Waals surface area contributed by atoms with Crippen LogP contribution in [0.25, 0.3) is 0 Å². The largest absolute Gasteiger partial charge is 0.334 e. The van der Waals surface area contributed by atoms with E-state index in [2.05, 4.69) is 18.8 Å². The van der Waals surface area contributed by atoms with Crippen molar-refractivity contribution >= 4 is 5.91 Å². The number of likely N-dealkylation sites (tertiary alicyclic amines) is 1. The van der Waals surface area contributed by atoms with E-state index in [1.54, 1.807) is 12.4 Å². The van der Waals surface area contributed by atoms with Crippen molar-refractivity contribution in [2.24, 2.45) is 11.7 Å². The second kappa shape index (κ2) is 5.48. The lowest BCUT2D eigenvalue weighted by atomic mass is 10.0. The van der Waals surface area contributed by atoms with E-state index in [1.165, 1.54) is 0 Å². The fourth-order valence-electron chi connectivity index (χ4n) is 2.47. The highest BCUT2D eigenvalue weighted by molar-refractivity contribution is 5.80. The molecule has 0 saturated carbocycles. The number of aromatic nitrogens is 1. The molecule has 2 atom stereocenters. The predicted octanol–water partition coefficient (Wildman–Crippen LogP) is 1.73. The monoisotopic (exact) mass is 247 g/mol. The second-order valence-electron chi connectivity index (χ2n) is 5.36. The zero-order valence-electron chi connectivity index (χ0n) is 11.0. The summed E-state index contributed by atoms with van der Waals surface area (Å²) in [6.45, 7) is 5.13. The van der Waals surface area contributed by atoms with Crippen molar-refractivity contribution in [2.75, 3.05) is 6.54 Å². The molecule has 2 heterocycles. The van der Waals surface area contributed by atoms with E-state index in [0.717, 1.165) is 18.5 Å². The summed E-state index contributed by atoms with van der Waals surface area (Å²) < 4.78 is 0. The van der Waals surface area contributed by atoms with E-state index in [-0.39, 0.29) is 18.0 Å². The molecule has 1 aliphatic heterocycles. The molecular weight excluding hydrogens is 226 g/mol. The fourth-order valence-corrected chi connectivity index (χ4v) is 2.47. The predicted molar refractivity (Wildman–Crippen MR) is 70.7 cm³/mol. The van der Waals surface area contributed by atoms with Crippen LogP contribution >= 0.6 is 0 Å². The van der Waals surface area contributed by atoms with E-state index in [1.807, 2.05) is 17.0 Å². The van der Waals surface area contributed by atoms with Crippen LogP contribution in [0.2, 0.25) is 0 Å². The van der Waals surface area contributed by atoms with Crippen LogP contribution in [0.15, 0.2) is 24.5 Å². The normalized spacial score (nSPS) is 24.0. The van der Waals surface area contributed by atoms with Crippen molar-refractivity contribution in [1.29, 1.82) is 0 Å². The van der Waals surface area contributed by atoms with Gasteiger partial charge in [0.05, 0.1) is 6.04 Å². The van der Waals surface area contributed by atoms with Crippen LogP contribution < -0.4 is 5.73 Å². The second-order valence-corrected chi connectivity index (χ2v) is 5.36. The van der Waals surface area contributed by atoms with E-state index in [4.69, 9.17) is 5.73 Å². The van der Waals surface area contributed by atoms with Crippen LogP contribution in [0, 0.1) is 5.92 Å². The molecule has 2 N–H and O–H groups in total. The first-order chi connectivity index (χ1) is 8.59. The average Bonchev–Trinajstić information content (AvgIpc) is 2.62. The Balaban J connectivity index is 2.17. The van der Waals surface area contributed by atoms with Gasteiger partial charge in [-0.05, 0) is 30.0 Å². The van der Waals surface area contributed by atoms with Crippen molar-refractivity contribution in [3.8, 4) is 0 Å². The van der Waals surface area contributed by atoms with Crippen LogP contribution in [0.4, 0.5) is 0 Å². The number of carbonyl (C=O) groups excluding carboxylic acids is 1. The Kier molecular flexibility index (Phi) is 3.97. The topological polar surface area (TPSA) is 59.2 Å². The molecule has 0 spiro atoms. The zero-order chi connectivity index (χ0) is 13.1. The lowest BCUT2D eigenvalue weighted by molar-refractivity contribution is -0.129. The molecule has 1 aromatic heterocycles. The number of rotatable bonds is 4. The molecule has 1 saturated heterocycles. The summed E-state index contributed by atoms with van der Waals surface area (Å²) in [6, 6.07) is 3.81. The number of carbonyl (C=O) groups is 1. The smallest absolute Gasteiger partial charge is 0.224 e. The molecular formula is C14H21N3O. The van der Waals surface area contributed by atoms with E-state index in [0.29, 0.717) is 12.3 Å². The maximum absolute atomic E-state index is 12.0. The van der Waals surface area contributed by atoms with Gasteiger partial charge in [-0.1, -0.05) is 13.8 Å². The lowest BCUT2D eigenvalue weighted by Gasteiger charge is -2.27. The van der Waals surface area contributed by atoms with Gasteiger partial charge in [-0.25, -0.2) is 0 Å². The molecule has 98 valence electrons. The Labute approximate surface area is 108 Å². The van der Waals surface area contributed by atoms with Gasteiger partial charge >= 0.3 is 0 Å². The Morgan fingerprint density at radius 3 is 2.72 bits per heavy atom. The van der Waals surface area contributed by atoms with E-state index < -0.39 is 0 Å². The van der Waals surface area contributed by atoms with Gasteiger partial charge in [0.25, 0.3) is 0 Å². The Bertz CT molecular complexity index is 405. The first-order valence-electron chi connectivity index (χ1n) is 6.54. The molecule has 1 aliphatic rings. The molecule has 1 aromatic rings. The van der Waals surface area contributed by atoms with Gasteiger partial charge in [0.15, 0.2) is 0 Å². The average molecular weight is 247 g/mol. The van der Waals surface area contributed by atoms with Crippen LogP contribution in [-0.2, 0) is 4.79 Å². The first kappa shape index (κ1) is 13.0. The van der Waals surface area contributed by atoms with Crippen molar-refractivity contribution in [1.82, 2.24) is 9.88 Å². The molecule has 4 heteroatoms. The van der Waals surface area contributed by atoms with Crippen molar-refractivity contribution in [3.05, 3.63) is 30.1 Å². The third-order valence-electron chi connectivity index (χ3n) is 3.47. The molecule has 18 heavy (non-hydrogen) atoms. The molecule has 0 bridgehead atoms. The highest BCUT2D eigenvalue weighted by atomic mass is 16.2. The molecule has 2 unspecified atom stereocenters. The van der Waals surface area contributed by atoms with Crippen molar-refractivity contribution in [2.45, 2.75) is 38.8 Å². The summed E-state index contributed by atoms with van der Waals surface area (Å²) in [6.07, 6.45) is 4.97. The van der Waals surface area contributed by atoms with E-state index in [9.17, 15) is 4.79 Å². The summed E-state index contributed by atoms with van der Waals surface area (Å²) >= 11 is 0. The molecule has 0 radical (unpaired) electrons. The SMILES string of the molecule is CC(C)CCN1C(=O)CC(N)C1c1ccncc1. The number of hydrogen-bond donors (Lipinski definition) is 1. The molecule has 0 aromatic carbocycles. The Morgan fingerprint density at radius 1 is 1.44 bits per heavy atom. The summed E-state index contributed by atoms with van der Waals surface area (Å²) in [5.41, 5.74) is 7.21.